The molecule has 1 aromatic heterocycles. The minimum Gasteiger partial charge on any atom is -0.307 e. The first-order chi connectivity index (χ1) is 15.1. The van der Waals surface area contributed by atoms with Crippen molar-refractivity contribution >= 4 is 23.4 Å². The number of carbonyl (C=O) groups is 1. The normalized spacial score (nSPS) is 10.8. The van der Waals surface area contributed by atoms with E-state index in [9.17, 15) is 4.79 Å². The Labute approximate surface area is 186 Å². The van der Waals surface area contributed by atoms with Crippen LogP contribution >= 0.6 is 11.8 Å². The molecule has 0 spiro atoms. The van der Waals surface area contributed by atoms with Crippen molar-refractivity contribution in [3.63, 3.8) is 0 Å². The van der Waals surface area contributed by atoms with Gasteiger partial charge >= 0.3 is 0 Å². The summed E-state index contributed by atoms with van der Waals surface area (Å²) in [5, 5.41) is 9.33. The average Bonchev–Trinajstić information content (AvgIpc) is 3.17. The first-order valence-electron chi connectivity index (χ1n) is 10.1. The highest BCUT2D eigenvalue weighted by Crippen LogP contribution is 2.25. The summed E-state index contributed by atoms with van der Waals surface area (Å²) >= 11 is 1.41. The highest BCUT2D eigenvalue weighted by molar-refractivity contribution is 7.99. The highest BCUT2D eigenvalue weighted by Gasteiger charge is 2.19. The minimum absolute atomic E-state index is 0.0312. The van der Waals surface area contributed by atoms with Gasteiger partial charge in [-0.2, -0.15) is 0 Å². The molecule has 1 amide bonds. The molecule has 4 rings (SSSR count). The Hall–Kier alpha value is -3.38. The molecule has 0 N–H and O–H groups in total. The number of hydrogen-bond donors (Lipinski definition) is 0. The third-order valence-corrected chi connectivity index (χ3v) is 5.99. The average molecular weight is 429 g/mol. The number of anilines is 1. The first-order valence-corrected chi connectivity index (χ1v) is 11.1. The molecule has 0 bridgehead atoms. The molecule has 0 aliphatic heterocycles. The van der Waals surface area contributed by atoms with Gasteiger partial charge in [-0.3, -0.25) is 4.79 Å². The van der Waals surface area contributed by atoms with E-state index in [1.807, 2.05) is 108 Å². The molecule has 0 saturated heterocycles. The minimum atomic E-state index is 0.0312. The molecule has 0 radical (unpaired) electrons. The van der Waals surface area contributed by atoms with Crippen molar-refractivity contribution in [2.45, 2.75) is 18.6 Å². The van der Waals surface area contributed by atoms with Gasteiger partial charge in [-0.25, -0.2) is 0 Å². The van der Waals surface area contributed by atoms with Crippen LogP contribution in [-0.4, -0.2) is 26.4 Å². The maximum atomic E-state index is 13.3. The smallest absolute Gasteiger partial charge is 0.237 e. The van der Waals surface area contributed by atoms with Crippen molar-refractivity contribution in [2.24, 2.45) is 7.05 Å². The van der Waals surface area contributed by atoms with Crippen LogP contribution in [0.15, 0.2) is 90.1 Å². The van der Waals surface area contributed by atoms with Crippen molar-refractivity contribution in [3.8, 4) is 11.4 Å². The van der Waals surface area contributed by atoms with E-state index in [4.69, 9.17) is 0 Å². The largest absolute Gasteiger partial charge is 0.307 e. The summed E-state index contributed by atoms with van der Waals surface area (Å²) in [5.41, 5.74) is 4.11. The number of nitrogens with zero attached hydrogens (tertiary/aromatic N) is 4. The van der Waals surface area contributed by atoms with Crippen LogP contribution in [0.2, 0.25) is 0 Å². The summed E-state index contributed by atoms with van der Waals surface area (Å²) in [6.45, 7) is 2.56. The van der Waals surface area contributed by atoms with Gasteiger partial charge in [0.1, 0.15) is 0 Å². The maximum Gasteiger partial charge on any atom is 0.237 e. The van der Waals surface area contributed by atoms with Gasteiger partial charge in [-0.15, -0.1) is 10.2 Å². The van der Waals surface area contributed by atoms with Gasteiger partial charge in [0.05, 0.1) is 12.3 Å². The van der Waals surface area contributed by atoms with Gasteiger partial charge < -0.3 is 9.47 Å². The molecule has 31 heavy (non-hydrogen) atoms. The summed E-state index contributed by atoms with van der Waals surface area (Å²) in [6, 6.07) is 28.0. The van der Waals surface area contributed by atoms with Gasteiger partial charge in [0, 0.05) is 18.3 Å². The molecular weight excluding hydrogens is 404 g/mol. The van der Waals surface area contributed by atoms with Crippen LogP contribution in [0.3, 0.4) is 0 Å². The van der Waals surface area contributed by atoms with Crippen molar-refractivity contribution in [2.75, 3.05) is 10.7 Å². The summed E-state index contributed by atoms with van der Waals surface area (Å²) in [5.74, 6) is 1.10. The molecule has 0 atom stereocenters. The molecule has 4 aromatic rings. The third kappa shape index (κ3) is 5.03. The molecule has 5 nitrogen and oxygen atoms in total. The Morgan fingerprint density at radius 1 is 0.935 bits per heavy atom. The monoisotopic (exact) mass is 428 g/mol. The fourth-order valence-electron chi connectivity index (χ4n) is 3.37. The van der Waals surface area contributed by atoms with Gasteiger partial charge in [-0.05, 0) is 30.2 Å². The lowest BCUT2D eigenvalue weighted by Gasteiger charge is -2.23. The van der Waals surface area contributed by atoms with Crippen LogP contribution in [0.4, 0.5) is 5.69 Å². The number of carbonyl (C=O) groups excluding carboxylic acids is 1. The zero-order chi connectivity index (χ0) is 21.6. The second-order valence-corrected chi connectivity index (χ2v) is 8.27. The molecular formula is C25H24N4OS. The Balaban J connectivity index is 1.52. The Morgan fingerprint density at radius 2 is 1.65 bits per heavy atom. The molecule has 156 valence electrons. The predicted molar refractivity (Wildman–Crippen MR) is 126 cm³/mol. The van der Waals surface area contributed by atoms with E-state index >= 15 is 0 Å². The van der Waals surface area contributed by atoms with E-state index in [0.717, 1.165) is 33.4 Å². The molecule has 0 aliphatic rings. The zero-order valence-electron chi connectivity index (χ0n) is 17.6. The quantitative estimate of drug-likeness (QED) is 0.384. The number of hydrogen-bond acceptors (Lipinski definition) is 4. The summed E-state index contributed by atoms with van der Waals surface area (Å²) in [6.07, 6.45) is 0. The SMILES string of the molecule is Cc1cccc(N(Cc2ccccc2)C(=O)CSc2nnc(-c3ccccc3)n2C)c1. The van der Waals surface area contributed by atoms with Gasteiger partial charge in [0.2, 0.25) is 5.91 Å². The fourth-order valence-corrected chi connectivity index (χ4v) is 4.16. The van der Waals surface area contributed by atoms with Crippen molar-refractivity contribution in [1.29, 1.82) is 0 Å². The fraction of sp³-hybridized carbons (Fsp3) is 0.160. The molecule has 3 aromatic carbocycles. The lowest BCUT2D eigenvalue weighted by Crippen LogP contribution is -2.32. The standard InChI is InChI=1S/C25H24N4OS/c1-19-10-9-15-22(16-19)29(17-20-11-5-3-6-12-20)23(30)18-31-25-27-26-24(28(25)2)21-13-7-4-8-14-21/h3-16H,17-18H2,1-2H3. The Bertz CT molecular complexity index is 1160. The second kappa shape index (κ2) is 9.62. The summed E-state index contributed by atoms with van der Waals surface area (Å²) in [7, 11) is 1.93. The molecule has 0 unspecified atom stereocenters. The number of thioether (sulfide) groups is 1. The topological polar surface area (TPSA) is 51.0 Å². The summed E-state index contributed by atoms with van der Waals surface area (Å²) in [4.78, 5) is 15.1. The lowest BCUT2D eigenvalue weighted by atomic mass is 10.1. The molecule has 6 heteroatoms. The molecule has 0 saturated carbocycles. The molecule has 0 fully saturated rings. The van der Waals surface area contributed by atoms with Gasteiger partial charge in [0.25, 0.3) is 0 Å². The number of aromatic nitrogens is 3. The van der Waals surface area contributed by atoms with E-state index in [1.165, 1.54) is 11.8 Å². The van der Waals surface area contributed by atoms with E-state index in [2.05, 4.69) is 10.2 Å². The predicted octanol–water partition coefficient (Wildman–Crippen LogP) is 5.12. The second-order valence-electron chi connectivity index (χ2n) is 7.32. The molecule has 1 heterocycles. The first kappa shape index (κ1) is 20.9. The van der Waals surface area contributed by atoms with Gasteiger partial charge in [0.15, 0.2) is 11.0 Å². The third-order valence-electron chi connectivity index (χ3n) is 4.99. The van der Waals surface area contributed by atoms with Crippen molar-refractivity contribution in [3.05, 3.63) is 96.1 Å². The maximum absolute atomic E-state index is 13.3. The Morgan fingerprint density at radius 3 is 2.35 bits per heavy atom. The van der Waals surface area contributed by atoms with E-state index in [0.29, 0.717) is 6.54 Å². The number of amides is 1. The van der Waals surface area contributed by atoms with E-state index < -0.39 is 0 Å². The zero-order valence-corrected chi connectivity index (χ0v) is 18.4. The molecule has 0 aliphatic carbocycles. The number of aryl methyl sites for hydroxylation is 1. The highest BCUT2D eigenvalue weighted by atomic mass is 32.2. The van der Waals surface area contributed by atoms with Crippen LogP contribution < -0.4 is 4.90 Å². The van der Waals surface area contributed by atoms with Crippen LogP contribution in [0.1, 0.15) is 11.1 Å². The van der Waals surface area contributed by atoms with E-state index in [1.54, 1.807) is 0 Å². The van der Waals surface area contributed by atoms with Crippen molar-refractivity contribution < 1.29 is 4.79 Å². The van der Waals surface area contributed by atoms with Crippen LogP contribution in [0.5, 0.6) is 0 Å². The van der Waals surface area contributed by atoms with E-state index in [-0.39, 0.29) is 11.7 Å². The van der Waals surface area contributed by atoms with Crippen LogP contribution in [-0.2, 0) is 18.4 Å². The Kier molecular flexibility index (Phi) is 6.48. The lowest BCUT2D eigenvalue weighted by molar-refractivity contribution is -0.116. The van der Waals surface area contributed by atoms with Gasteiger partial charge in [-0.1, -0.05) is 84.6 Å². The van der Waals surface area contributed by atoms with Crippen LogP contribution in [0, 0.1) is 6.92 Å². The number of benzene rings is 3. The van der Waals surface area contributed by atoms with Crippen LogP contribution in [0.25, 0.3) is 11.4 Å². The van der Waals surface area contributed by atoms with Crippen molar-refractivity contribution in [1.82, 2.24) is 14.8 Å². The number of rotatable bonds is 7. The summed E-state index contributed by atoms with van der Waals surface area (Å²) < 4.78 is 1.93.